The predicted molar refractivity (Wildman–Crippen MR) is 115 cm³/mol. The fraction of sp³-hybridized carbons (Fsp3) is 0.435. The molecule has 1 N–H and O–H groups in total. The average molecular weight is 428 g/mol. The molecule has 1 unspecified atom stereocenters. The molecule has 1 aliphatic rings. The van der Waals surface area contributed by atoms with E-state index >= 15 is 0 Å². The van der Waals surface area contributed by atoms with Gasteiger partial charge >= 0.3 is 0 Å². The summed E-state index contributed by atoms with van der Waals surface area (Å²) < 4.78 is 16.6. The maximum atomic E-state index is 12.4. The summed E-state index contributed by atoms with van der Waals surface area (Å²) in [6.45, 7) is 3.70. The molecular weight excluding hydrogens is 398 g/mol. The van der Waals surface area contributed by atoms with Crippen molar-refractivity contribution in [3.8, 4) is 11.5 Å². The first-order valence-corrected chi connectivity index (χ1v) is 10.4. The van der Waals surface area contributed by atoms with E-state index in [0.29, 0.717) is 36.7 Å². The number of hydrogen-bond donors (Lipinski definition) is 1. The third kappa shape index (κ3) is 6.96. The van der Waals surface area contributed by atoms with E-state index in [1.165, 1.54) is 7.11 Å². The van der Waals surface area contributed by atoms with Gasteiger partial charge in [-0.15, -0.1) is 0 Å². The summed E-state index contributed by atoms with van der Waals surface area (Å²) in [6.07, 6.45) is 4.73. The number of methoxy groups -OCH3 is 1. The van der Waals surface area contributed by atoms with Gasteiger partial charge in [0.2, 0.25) is 5.91 Å². The van der Waals surface area contributed by atoms with Crippen molar-refractivity contribution in [3.63, 3.8) is 0 Å². The number of pyridine rings is 1. The Morgan fingerprint density at radius 1 is 1.16 bits per heavy atom. The Hall–Kier alpha value is -3.13. The molecule has 31 heavy (non-hydrogen) atoms. The van der Waals surface area contributed by atoms with E-state index in [1.54, 1.807) is 47.6 Å². The molecule has 2 heterocycles. The summed E-state index contributed by atoms with van der Waals surface area (Å²) in [5.41, 5.74) is 0.556. The van der Waals surface area contributed by atoms with Gasteiger partial charge in [0.05, 0.1) is 12.7 Å². The van der Waals surface area contributed by atoms with Crippen LogP contribution in [-0.2, 0) is 9.53 Å². The Bertz CT molecular complexity index is 836. The zero-order valence-electron chi connectivity index (χ0n) is 18.0. The number of aromatic nitrogens is 1. The Morgan fingerprint density at radius 3 is 2.55 bits per heavy atom. The lowest BCUT2D eigenvalue weighted by Gasteiger charge is -2.32. The van der Waals surface area contributed by atoms with Crippen LogP contribution in [0.15, 0.2) is 48.8 Å². The molecule has 0 aliphatic carbocycles. The van der Waals surface area contributed by atoms with E-state index in [9.17, 15) is 9.59 Å². The molecule has 1 aromatic carbocycles. The largest absolute Gasteiger partial charge is 0.490 e. The van der Waals surface area contributed by atoms with Crippen molar-refractivity contribution >= 4 is 11.8 Å². The van der Waals surface area contributed by atoms with Crippen LogP contribution in [0.25, 0.3) is 0 Å². The van der Waals surface area contributed by atoms with Crippen LogP contribution in [0.4, 0.5) is 0 Å². The van der Waals surface area contributed by atoms with Crippen LogP contribution >= 0.6 is 0 Å². The van der Waals surface area contributed by atoms with Gasteiger partial charge in [0.25, 0.3) is 5.91 Å². The number of benzene rings is 1. The third-order valence-corrected chi connectivity index (χ3v) is 5.00. The molecule has 0 spiro atoms. The van der Waals surface area contributed by atoms with Crippen molar-refractivity contribution in [2.24, 2.45) is 0 Å². The van der Waals surface area contributed by atoms with E-state index in [2.05, 4.69) is 10.3 Å². The molecule has 1 saturated heterocycles. The summed E-state index contributed by atoms with van der Waals surface area (Å²) in [6, 6.07) is 10.7. The Morgan fingerprint density at radius 2 is 1.90 bits per heavy atom. The number of nitrogens with zero attached hydrogens (tertiary/aromatic N) is 2. The van der Waals surface area contributed by atoms with Crippen molar-refractivity contribution in [3.05, 3.63) is 54.4 Å². The maximum absolute atomic E-state index is 12.4. The van der Waals surface area contributed by atoms with Crippen LogP contribution in [-0.4, -0.2) is 67.3 Å². The lowest BCUT2D eigenvalue weighted by atomic mass is 10.1. The number of carbonyl (C=O) groups is 2. The first-order chi connectivity index (χ1) is 15.0. The molecule has 166 valence electrons. The van der Waals surface area contributed by atoms with Gasteiger partial charge in [0.1, 0.15) is 30.3 Å². The van der Waals surface area contributed by atoms with E-state index in [0.717, 1.165) is 12.8 Å². The second kappa shape index (κ2) is 11.3. The molecule has 2 amide bonds. The van der Waals surface area contributed by atoms with Crippen LogP contribution in [0.1, 0.15) is 30.1 Å². The molecule has 8 nitrogen and oxygen atoms in total. The standard InChI is InChI=1S/C23H29N3O5/c1-17(30-21-4-3-11-24-15-21)14-25-23(28)18-5-7-19(8-6-18)31-20-9-12-26(13-10-20)22(27)16-29-2/h3-8,11,15,17,20H,9-10,12-14,16H2,1-2H3,(H,25,28). The van der Waals surface area contributed by atoms with Gasteiger partial charge in [-0.25, -0.2) is 0 Å². The topological polar surface area (TPSA) is 90.0 Å². The molecule has 1 fully saturated rings. The number of likely N-dealkylation sites (tertiary alicyclic amines) is 1. The highest BCUT2D eigenvalue weighted by Crippen LogP contribution is 2.20. The minimum absolute atomic E-state index is 0.0106. The molecule has 1 aromatic heterocycles. The molecule has 0 bridgehead atoms. The van der Waals surface area contributed by atoms with Crippen LogP contribution in [0.2, 0.25) is 0 Å². The quantitative estimate of drug-likeness (QED) is 0.661. The normalized spacial score (nSPS) is 15.2. The zero-order valence-corrected chi connectivity index (χ0v) is 18.0. The fourth-order valence-electron chi connectivity index (χ4n) is 3.34. The van der Waals surface area contributed by atoms with Crippen LogP contribution in [0, 0.1) is 0 Å². The summed E-state index contributed by atoms with van der Waals surface area (Å²) in [5, 5.41) is 2.87. The first kappa shape index (κ1) is 22.6. The van der Waals surface area contributed by atoms with E-state index in [-0.39, 0.29) is 30.6 Å². The average Bonchev–Trinajstić information content (AvgIpc) is 2.79. The summed E-state index contributed by atoms with van der Waals surface area (Å²) in [5.74, 6) is 1.22. The van der Waals surface area contributed by atoms with Gasteiger partial charge in [-0.1, -0.05) is 0 Å². The smallest absolute Gasteiger partial charge is 0.251 e. The molecule has 0 saturated carbocycles. The lowest BCUT2D eigenvalue weighted by molar-refractivity contribution is -0.136. The summed E-state index contributed by atoms with van der Waals surface area (Å²) in [7, 11) is 1.52. The lowest BCUT2D eigenvalue weighted by Crippen LogP contribution is -2.43. The molecule has 2 aromatic rings. The molecule has 1 aliphatic heterocycles. The minimum atomic E-state index is -0.183. The monoisotopic (exact) mass is 427 g/mol. The molecular formula is C23H29N3O5. The minimum Gasteiger partial charge on any atom is -0.490 e. The number of rotatable bonds is 9. The second-order valence-electron chi connectivity index (χ2n) is 7.48. The number of nitrogens with one attached hydrogen (secondary N) is 1. The van der Waals surface area contributed by atoms with Gasteiger partial charge in [-0.2, -0.15) is 0 Å². The van der Waals surface area contributed by atoms with Crippen LogP contribution in [0.5, 0.6) is 11.5 Å². The maximum Gasteiger partial charge on any atom is 0.251 e. The third-order valence-electron chi connectivity index (χ3n) is 5.00. The number of hydrogen-bond acceptors (Lipinski definition) is 6. The van der Waals surface area contributed by atoms with Gasteiger partial charge < -0.3 is 24.4 Å². The summed E-state index contributed by atoms with van der Waals surface area (Å²) in [4.78, 5) is 30.1. The van der Waals surface area contributed by atoms with E-state index in [4.69, 9.17) is 14.2 Å². The molecule has 8 heteroatoms. The van der Waals surface area contributed by atoms with Crippen molar-refractivity contribution in [2.45, 2.75) is 32.0 Å². The van der Waals surface area contributed by atoms with E-state index in [1.807, 2.05) is 13.0 Å². The molecule has 3 rings (SSSR count). The van der Waals surface area contributed by atoms with Gasteiger partial charge in [0.15, 0.2) is 0 Å². The van der Waals surface area contributed by atoms with Crippen molar-refractivity contribution in [1.82, 2.24) is 15.2 Å². The molecule has 1 atom stereocenters. The number of amides is 2. The van der Waals surface area contributed by atoms with Gasteiger partial charge in [-0.05, 0) is 43.3 Å². The predicted octanol–water partition coefficient (Wildman–Crippen LogP) is 2.30. The first-order valence-electron chi connectivity index (χ1n) is 10.4. The SMILES string of the molecule is COCC(=O)N1CCC(Oc2ccc(C(=O)NCC(C)Oc3cccnc3)cc2)CC1. The Labute approximate surface area is 182 Å². The Kier molecular flexibility index (Phi) is 8.23. The zero-order chi connectivity index (χ0) is 22.1. The van der Waals surface area contributed by atoms with Crippen LogP contribution < -0.4 is 14.8 Å². The van der Waals surface area contributed by atoms with Crippen molar-refractivity contribution < 1.29 is 23.8 Å². The van der Waals surface area contributed by atoms with Gasteiger partial charge in [-0.3, -0.25) is 14.6 Å². The van der Waals surface area contributed by atoms with Crippen LogP contribution in [0.3, 0.4) is 0 Å². The highest BCUT2D eigenvalue weighted by molar-refractivity contribution is 5.94. The summed E-state index contributed by atoms with van der Waals surface area (Å²) >= 11 is 0. The number of piperidine rings is 1. The number of carbonyl (C=O) groups excluding carboxylic acids is 2. The fourth-order valence-corrected chi connectivity index (χ4v) is 3.34. The molecule has 0 radical (unpaired) electrons. The highest BCUT2D eigenvalue weighted by Gasteiger charge is 2.23. The van der Waals surface area contributed by atoms with E-state index < -0.39 is 0 Å². The van der Waals surface area contributed by atoms with Crippen molar-refractivity contribution in [1.29, 1.82) is 0 Å². The second-order valence-corrected chi connectivity index (χ2v) is 7.48. The highest BCUT2D eigenvalue weighted by atomic mass is 16.5. The number of ether oxygens (including phenoxy) is 3. The van der Waals surface area contributed by atoms with Gasteiger partial charge in [0, 0.05) is 44.8 Å². The Balaban J connectivity index is 1.41. The van der Waals surface area contributed by atoms with Crippen molar-refractivity contribution in [2.75, 3.05) is 33.4 Å².